The number of hydrogen-bond donors (Lipinski definition) is 3. The highest BCUT2D eigenvalue weighted by Gasteiger charge is 2.31. The molecule has 9 nitrogen and oxygen atoms in total. The number of fused-ring (bicyclic) bond motifs is 3. The minimum atomic E-state index is -1.14. The Kier molecular flexibility index (Phi) is 8.84. The summed E-state index contributed by atoms with van der Waals surface area (Å²) in [6.45, 7) is 0.778. The summed E-state index contributed by atoms with van der Waals surface area (Å²) < 4.78 is 5.58. The van der Waals surface area contributed by atoms with Crippen LogP contribution in [0.25, 0.3) is 11.1 Å². The average molecular weight is 483 g/mol. The van der Waals surface area contributed by atoms with Gasteiger partial charge in [-0.05, 0) is 63.4 Å². The van der Waals surface area contributed by atoms with Crippen LogP contribution in [-0.4, -0.2) is 92.8 Å². The molecule has 0 aromatic heterocycles. The summed E-state index contributed by atoms with van der Waals surface area (Å²) in [5, 5.41) is 14.6. The molecule has 0 aliphatic heterocycles. The van der Waals surface area contributed by atoms with Crippen molar-refractivity contribution in [3.05, 3.63) is 59.7 Å². The van der Waals surface area contributed by atoms with Crippen molar-refractivity contribution in [2.45, 2.75) is 24.4 Å². The number of hydrogen-bond acceptors (Lipinski definition) is 6. The van der Waals surface area contributed by atoms with Crippen LogP contribution in [0, 0.1) is 0 Å². The van der Waals surface area contributed by atoms with Crippen molar-refractivity contribution in [2.24, 2.45) is 0 Å². The van der Waals surface area contributed by atoms with Gasteiger partial charge in [0.2, 0.25) is 5.91 Å². The van der Waals surface area contributed by atoms with Crippen molar-refractivity contribution in [1.29, 1.82) is 0 Å². The van der Waals surface area contributed by atoms with E-state index in [0.717, 1.165) is 22.3 Å². The first-order valence-electron chi connectivity index (χ1n) is 11.6. The molecule has 2 atom stereocenters. The van der Waals surface area contributed by atoms with Crippen LogP contribution in [-0.2, 0) is 14.3 Å². The normalized spacial score (nSPS) is 14.2. The lowest BCUT2D eigenvalue weighted by atomic mass is 9.98. The standard InChI is InChI=1S/C26H34N4O5/c1-29(2)14-13-22(24(31)27-23(25(32)33)15-30(3)4)28-26(34)35-16-21-19-11-7-5-9-17(19)18-10-6-8-12-20(18)21/h5-12,21-23H,13-16H2,1-4H3,(H,27,31)(H,28,34)(H,32,33)/t22?,23-/m0/s1. The molecule has 3 rings (SSSR count). The Labute approximate surface area is 206 Å². The SMILES string of the molecule is CN(C)CCC(NC(=O)OCC1c2ccccc2-c2ccccc21)C(=O)N[C@@H](CN(C)C)C(=O)O. The van der Waals surface area contributed by atoms with Gasteiger partial charge in [0.25, 0.3) is 0 Å². The Bertz CT molecular complexity index is 1010. The van der Waals surface area contributed by atoms with Gasteiger partial charge in [-0.2, -0.15) is 0 Å². The van der Waals surface area contributed by atoms with Gasteiger partial charge < -0.3 is 30.3 Å². The molecule has 1 aliphatic carbocycles. The predicted octanol–water partition coefficient (Wildman–Crippen LogP) is 1.98. The second-order valence-electron chi connectivity index (χ2n) is 9.28. The number of aliphatic carboxylic acids is 1. The summed E-state index contributed by atoms with van der Waals surface area (Å²) in [5.74, 6) is -1.80. The van der Waals surface area contributed by atoms with Crippen LogP contribution in [0.2, 0.25) is 0 Å². The highest BCUT2D eigenvalue weighted by molar-refractivity contribution is 5.89. The second kappa shape index (κ2) is 11.8. The maximum Gasteiger partial charge on any atom is 0.407 e. The van der Waals surface area contributed by atoms with E-state index in [4.69, 9.17) is 4.74 Å². The van der Waals surface area contributed by atoms with E-state index in [2.05, 4.69) is 22.8 Å². The van der Waals surface area contributed by atoms with E-state index < -0.39 is 30.1 Å². The van der Waals surface area contributed by atoms with Gasteiger partial charge in [-0.25, -0.2) is 9.59 Å². The van der Waals surface area contributed by atoms with E-state index in [0.29, 0.717) is 13.0 Å². The predicted molar refractivity (Wildman–Crippen MR) is 133 cm³/mol. The van der Waals surface area contributed by atoms with E-state index in [1.807, 2.05) is 55.4 Å². The van der Waals surface area contributed by atoms with Gasteiger partial charge in [0, 0.05) is 12.5 Å². The van der Waals surface area contributed by atoms with Crippen molar-refractivity contribution < 1.29 is 24.2 Å². The Morgan fingerprint density at radius 2 is 1.46 bits per heavy atom. The van der Waals surface area contributed by atoms with Crippen LogP contribution >= 0.6 is 0 Å². The molecule has 3 N–H and O–H groups in total. The molecule has 0 saturated carbocycles. The fourth-order valence-corrected chi connectivity index (χ4v) is 4.26. The number of amides is 2. The zero-order valence-corrected chi connectivity index (χ0v) is 20.7. The second-order valence-corrected chi connectivity index (χ2v) is 9.28. The number of carboxylic acids is 1. The minimum Gasteiger partial charge on any atom is -0.480 e. The summed E-state index contributed by atoms with van der Waals surface area (Å²) in [4.78, 5) is 40.7. The maximum atomic E-state index is 12.9. The Morgan fingerprint density at radius 3 is 1.97 bits per heavy atom. The lowest BCUT2D eigenvalue weighted by Crippen LogP contribution is -2.54. The van der Waals surface area contributed by atoms with Gasteiger partial charge >= 0.3 is 12.1 Å². The molecule has 2 aromatic carbocycles. The quantitative estimate of drug-likeness (QED) is 0.449. The summed E-state index contributed by atoms with van der Waals surface area (Å²) in [5.41, 5.74) is 4.44. The number of nitrogens with zero attached hydrogens (tertiary/aromatic N) is 2. The van der Waals surface area contributed by atoms with E-state index in [1.54, 1.807) is 19.0 Å². The van der Waals surface area contributed by atoms with Gasteiger partial charge in [0.05, 0.1) is 0 Å². The Morgan fingerprint density at radius 1 is 0.886 bits per heavy atom. The number of likely N-dealkylation sites (N-methyl/N-ethyl adjacent to an activating group) is 1. The van der Waals surface area contributed by atoms with Crippen molar-refractivity contribution in [1.82, 2.24) is 20.4 Å². The molecule has 0 radical (unpaired) electrons. The molecule has 1 unspecified atom stereocenters. The fraction of sp³-hybridized carbons (Fsp3) is 0.423. The van der Waals surface area contributed by atoms with Gasteiger partial charge in [0.1, 0.15) is 18.7 Å². The number of carbonyl (C=O) groups is 3. The highest BCUT2D eigenvalue weighted by Crippen LogP contribution is 2.44. The summed E-state index contributed by atoms with van der Waals surface area (Å²) in [6.07, 6.45) is -0.414. The monoisotopic (exact) mass is 482 g/mol. The molecule has 0 spiro atoms. The number of ether oxygens (including phenoxy) is 1. The van der Waals surface area contributed by atoms with Crippen LogP contribution in [0.4, 0.5) is 4.79 Å². The number of alkyl carbamates (subject to hydrolysis) is 1. The molecule has 35 heavy (non-hydrogen) atoms. The summed E-state index contributed by atoms with van der Waals surface area (Å²) >= 11 is 0. The number of nitrogens with one attached hydrogen (secondary N) is 2. The molecule has 9 heteroatoms. The minimum absolute atomic E-state index is 0.0984. The lowest BCUT2D eigenvalue weighted by molar-refractivity contribution is -0.142. The first-order valence-corrected chi connectivity index (χ1v) is 11.6. The van der Waals surface area contributed by atoms with Gasteiger partial charge in [-0.3, -0.25) is 4.79 Å². The number of benzene rings is 2. The van der Waals surface area contributed by atoms with E-state index in [9.17, 15) is 19.5 Å². The average Bonchev–Trinajstić information content (AvgIpc) is 3.13. The topological polar surface area (TPSA) is 111 Å². The molecular weight excluding hydrogens is 448 g/mol. The zero-order chi connectivity index (χ0) is 25.5. The zero-order valence-electron chi connectivity index (χ0n) is 20.7. The number of carboxylic acid groups (broad SMARTS) is 1. The summed E-state index contributed by atoms with van der Waals surface area (Å²) in [6, 6.07) is 14.1. The van der Waals surface area contributed by atoms with E-state index in [1.165, 1.54) is 0 Å². The van der Waals surface area contributed by atoms with Gasteiger partial charge in [0.15, 0.2) is 0 Å². The van der Waals surface area contributed by atoms with E-state index in [-0.39, 0.29) is 19.1 Å². The third-order valence-corrected chi connectivity index (χ3v) is 5.98. The number of carbonyl (C=O) groups excluding carboxylic acids is 2. The molecule has 0 fully saturated rings. The first-order chi connectivity index (χ1) is 16.7. The molecule has 0 heterocycles. The third kappa shape index (κ3) is 6.80. The molecule has 0 saturated heterocycles. The largest absolute Gasteiger partial charge is 0.480 e. The van der Waals surface area contributed by atoms with Crippen molar-refractivity contribution in [3.8, 4) is 11.1 Å². The number of rotatable bonds is 11. The smallest absolute Gasteiger partial charge is 0.407 e. The van der Waals surface area contributed by atoms with Gasteiger partial charge in [-0.1, -0.05) is 48.5 Å². The van der Waals surface area contributed by atoms with Crippen molar-refractivity contribution >= 4 is 18.0 Å². The first kappa shape index (κ1) is 26.2. The van der Waals surface area contributed by atoms with Crippen LogP contribution in [0.5, 0.6) is 0 Å². The van der Waals surface area contributed by atoms with Crippen LogP contribution in [0.3, 0.4) is 0 Å². The third-order valence-electron chi connectivity index (χ3n) is 5.98. The fourth-order valence-electron chi connectivity index (χ4n) is 4.26. The Hall–Kier alpha value is -3.43. The molecular formula is C26H34N4O5. The molecule has 1 aliphatic rings. The maximum absolute atomic E-state index is 12.9. The molecule has 0 bridgehead atoms. The highest BCUT2D eigenvalue weighted by atomic mass is 16.5. The van der Waals surface area contributed by atoms with Gasteiger partial charge in [-0.15, -0.1) is 0 Å². The van der Waals surface area contributed by atoms with Crippen LogP contribution in [0.1, 0.15) is 23.5 Å². The van der Waals surface area contributed by atoms with E-state index >= 15 is 0 Å². The summed E-state index contributed by atoms with van der Waals surface area (Å²) in [7, 11) is 7.16. The van der Waals surface area contributed by atoms with Crippen LogP contribution in [0.15, 0.2) is 48.5 Å². The van der Waals surface area contributed by atoms with Crippen LogP contribution < -0.4 is 10.6 Å². The van der Waals surface area contributed by atoms with Crippen molar-refractivity contribution in [3.63, 3.8) is 0 Å². The van der Waals surface area contributed by atoms with Crippen molar-refractivity contribution in [2.75, 3.05) is 47.9 Å². The molecule has 2 amide bonds. The molecule has 2 aromatic rings. The lowest BCUT2D eigenvalue weighted by Gasteiger charge is -2.24. The Balaban J connectivity index is 1.67. The molecule has 188 valence electrons.